The number of carbonyl (C=O) groups excluding carboxylic acids is 1. The van der Waals surface area contributed by atoms with Crippen LogP contribution in [0.25, 0.3) is 0 Å². The fraction of sp³-hybridized carbons (Fsp3) is 0.389. The van der Waals surface area contributed by atoms with Crippen LogP contribution in [0.15, 0.2) is 35.2 Å². The summed E-state index contributed by atoms with van der Waals surface area (Å²) in [5, 5.41) is 0. The van der Waals surface area contributed by atoms with E-state index in [1.54, 1.807) is 35.6 Å². The molecule has 0 aliphatic carbocycles. The highest BCUT2D eigenvalue weighted by Gasteiger charge is 2.28. The van der Waals surface area contributed by atoms with E-state index >= 15 is 0 Å². The van der Waals surface area contributed by atoms with E-state index < -0.39 is 10.0 Å². The molecule has 1 aromatic heterocycles. The highest BCUT2D eigenvalue weighted by Crippen LogP contribution is 2.25. The largest absolute Gasteiger partial charge is 0.343 e. The van der Waals surface area contributed by atoms with Gasteiger partial charge < -0.3 is 9.47 Å². The van der Waals surface area contributed by atoms with E-state index in [-0.39, 0.29) is 10.8 Å². The summed E-state index contributed by atoms with van der Waals surface area (Å²) in [5.74, 6) is -0.111. The van der Waals surface area contributed by atoms with E-state index in [9.17, 15) is 13.2 Å². The number of rotatable bonds is 4. The van der Waals surface area contributed by atoms with Crippen LogP contribution in [0.3, 0.4) is 0 Å². The Morgan fingerprint density at radius 2 is 1.76 bits per heavy atom. The molecule has 1 N–H and O–H groups in total. The van der Waals surface area contributed by atoms with E-state index in [0.717, 1.165) is 31.5 Å². The molecule has 7 heteroatoms. The van der Waals surface area contributed by atoms with Crippen LogP contribution in [-0.4, -0.2) is 36.9 Å². The molecule has 0 spiro atoms. The monoisotopic (exact) mass is 361 g/mol. The standard InChI is InChI=1S/C18H23N3O3S/c1-13-8-4-5-9-15(13)19-25(23,24)17-12-16(20(3)14(17)2)18(22)21-10-6-7-11-21/h4-5,8-9,12,19H,6-7,10-11H2,1-3H3. The summed E-state index contributed by atoms with van der Waals surface area (Å²) < 4.78 is 30.0. The average Bonchev–Trinajstić information content (AvgIpc) is 3.19. The molecule has 1 aromatic carbocycles. The Bertz CT molecular complexity index is 910. The van der Waals surface area contributed by atoms with E-state index in [1.165, 1.54) is 6.07 Å². The molecule has 0 atom stereocenters. The number of amides is 1. The molecule has 0 radical (unpaired) electrons. The van der Waals surface area contributed by atoms with Crippen molar-refractivity contribution in [1.29, 1.82) is 0 Å². The van der Waals surface area contributed by atoms with Gasteiger partial charge in [-0.1, -0.05) is 18.2 Å². The van der Waals surface area contributed by atoms with Crippen molar-refractivity contribution in [1.82, 2.24) is 9.47 Å². The number of aryl methyl sites for hydroxylation is 1. The molecule has 25 heavy (non-hydrogen) atoms. The zero-order chi connectivity index (χ0) is 18.2. The Morgan fingerprint density at radius 3 is 2.40 bits per heavy atom. The molecule has 1 aliphatic heterocycles. The van der Waals surface area contributed by atoms with Crippen molar-refractivity contribution in [2.75, 3.05) is 17.8 Å². The van der Waals surface area contributed by atoms with Gasteiger partial charge in [0.05, 0.1) is 5.69 Å². The minimum Gasteiger partial charge on any atom is -0.343 e. The van der Waals surface area contributed by atoms with E-state index in [4.69, 9.17) is 0 Å². The van der Waals surface area contributed by atoms with Crippen LogP contribution >= 0.6 is 0 Å². The van der Waals surface area contributed by atoms with Crippen molar-refractivity contribution in [2.45, 2.75) is 31.6 Å². The lowest BCUT2D eigenvalue weighted by molar-refractivity contribution is 0.0783. The van der Waals surface area contributed by atoms with E-state index in [2.05, 4.69) is 4.72 Å². The minimum atomic E-state index is -3.77. The molecule has 0 bridgehead atoms. The molecular weight excluding hydrogens is 338 g/mol. The fourth-order valence-corrected chi connectivity index (χ4v) is 4.54. The molecular formula is C18H23N3O3S. The second-order valence-corrected chi connectivity index (χ2v) is 8.11. The summed E-state index contributed by atoms with van der Waals surface area (Å²) in [7, 11) is -2.04. The Balaban J connectivity index is 1.95. The number of likely N-dealkylation sites (tertiary alicyclic amines) is 1. The molecule has 134 valence electrons. The summed E-state index contributed by atoms with van der Waals surface area (Å²) in [5.41, 5.74) is 2.33. The van der Waals surface area contributed by atoms with Crippen LogP contribution < -0.4 is 4.72 Å². The van der Waals surface area contributed by atoms with Gasteiger partial charge in [-0.25, -0.2) is 8.42 Å². The van der Waals surface area contributed by atoms with Gasteiger partial charge in [0.2, 0.25) is 0 Å². The maximum Gasteiger partial charge on any atom is 0.270 e. The number of aromatic nitrogens is 1. The Morgan fingerprint density at radius 1 is 1.12 bits per heavy atom. The maximum absolute atomic E-state index is 12.8. The first-order chi connectivity index (χ1) is 11.8. The topological polar surface area (TPSA) is 71.4 Å². The first-order valence-electron chi connectivity index (χ1n) is 8.35. The van der Waals surface area contributed by atoms with Gasteiger partial charge in [-0.3, -0.25) is 9.52 Å². The molecule has 0 unspecified atom stereocenters. The molecule has 0 saturated carbocycles. The first kappa shape index (κ1) is 17.5. The third-order valence-electron chi connectivity index (χ3n) is 4.78. The number of sulfonamides is 1. The van der Waals surface area contributed by atoms with Crippen molar-refractivity contribution < 1.29 is 13.2 Å². The van der Waals surface area contributed by atoms with Crippen molar-refractivity contribution in [2.24, 2.45) is 7.05 Å². The van der Waals surface area contributed by atoms with Crippen LogP contribution in [0, 0.1) is 13.8 Å². The lowest BCUT2D eigenvalue weighted by Crippen LogP contribution is -2.29. The van der Waals surface area contributed by atoms with Crippen LogP contribution in [0.2, 0.25) is 0 Å². The molecule has 1 saturated heterocycles. The SMILES string of the molecule is Cc1ccccc1NS(=O)(=O)c1cc(C(=O)N2CCCC2)n(C)c1C. The highest BCUT2D eigenvalue weighted by atomic mass is 32.2. The van der Waals surface area contributed by atoms with Crippen molar-refractivity contribution in [3.8, 4) is 0 Å². The van der Waals surface area contributed by atoms with Gasteiger partial charge in [0.25, 0.3) is 15.9 Å². The van der Waals surface area contributed by atoms with Crippen LogP contribution in [0.4, 0.5) is 5.69 Å². The van der Waals surface area contributed by atoms with Crippen molar-refractivity contribution >= 4 is 21.6 Å². The summed E-state index contributed by atoms with van der Waals surface area (Å²) in [6.45, 7) is 5.02. The number of benzene rings is 1. The lowest BCUT2D eigenvalue weighted by Gasteiger charge is -2.15. The zero-order valence-electron chi connectivity index (χ0n) is 14.7. The summed E-state index contributed by atoms with van der Waals surface area (Å²) >= 11 is 0. The predicted molar refractivity (Wildman–Crippen MR) is 97.3 cm³/mol. The van der Waals surface area contributed by atoms with Gasteiger partial charge in [-0.2, -0.15) is 0 Å². The van der Waals surface area contributed by atoms with Gasteiger partial charge >= 0.3 is 0 Å². The van der Waals surface area contributed by atoms with Gasteiger partial charge in [0, 0.05) is 25.8 Å². The van der Waals surface area contributed by atoms with E-state index in [0.29, 0.717) is 17.1 Å². The molecule has 1 amide bonds. The molecule has 2 heterocycles. The third kappa shape index (κ3) is 3.28. The highest BCUT2D eigenvalue weighted by molar-refractivity contribution is 7.92. The Labute approximate surface area is 148 Å². The number of carbonyl (C=O) groups is 1. The van der Waals surface area contributed by atoms with Gasteiger partial charge in [0.15, 0.2) is 0 Å². The van der Waals surface area contributed by atoms with Crippen LogP contribution in [0.1, 0.15) is 34.6 Å². The van der Waals surface area contributed by atoms with Gasteiger partial charge in [-0.15, -0.1) is 0 Å². The molecule has 3 rings (SSSR count). The zero-order valence-corrected chi connectivity index (χ0v) is 15.6. The quantitative estimate of drug-likeness (QED) is 0.910. The van der Waals surface area contributed by atoms with Crippen molar-refractivity contribution in [3.63, 3.8) is 0 Å². The average molecular weight is 361 g/mol. The number of hydrogen-bond donors (Lipinski definition) is 1. The maximum atomic E-state index is 12.8. The van der Waals surface area contributed by atoms with Crippen molar-refractivity contribution in [3.05, 3.63) is 47.3 Å². The fourth-order valence-electron chi connectivity index (χ4n) is 3.12. The molecule has 6 nitrogen and oxygen atoms in total. The second-order valence-electron chi connectivity index (χ2n) is 6.46. The smallest absolute Gasteiger partial charge is 0.270 e. The number of para-hydroxylation sites is 1. The van der Waals surface area contributed by atoms with Crippen LogP contribution in [-0.2, 0) is 17.1 Å². The minimum absolute atomic E-state index is 0.111. The van der Waals surface area contributed by atoms with Gasteiger partial charge in [0.1, 0.15) is 10.6 Å². The summed E-state index contributed by atoms with van der Waals surface area (Å²) in [6.07, 6.45) is 1.99. The first-order valence-corrected chi connectivity index (χ1v) is 9.83. The van der Waals surface area contributed by atoms with Crippen LogP contribution in [0.5, 0.6) is 0 Å². The molecule has 2 aromatic rings. The number of anilines is 1. The molecule has 1 fully saturated rings. The Hall–Kier alpha value is -2.28. The summed E-state index contributed by atoms with van der Waals surface area (Å²) in [4.78, 5) is 14.6. The molecule has 1 aliphatic rings. The number of hydrogen-bond acceptors (Lipinski definition) is 3. The van der Waals surface area contributed by atoms with E-state index in [1.807, 2.05) is 19.1 Å². The normalized spacial score (nSPS) is 14.8. The number of nitrogens with zero attached hydrogens (tertiary/aromatic N) is 2. The lowest BCUT2D eigenvalue weighted by atomic mass is 10.2. The summed E-state index contributed by atoms with van der Waals surface area (Å²) in [6, 6.07) is 8.69. The predicted octanol–water partition coefficient (Wildman–Crippen LogP) is 2.68. The van der Waals surface area contributed by atoms with Gasteiger partial charge in [-0.05, 0) is 44.4 Å². The number of nitrogens with one attached hydrogen (secondary N) is 1. The Kier molecular flexibility index (Phi) is 4.60. The second kappa shape index (κ2) is 6.55. The third-order valence-corrected chi connectivity index (χ3v) is 6.26.